The van der Waals surface area contributed by atoms with Gasteiger partial charge >= 0.3 is 0 Å². The zero-order valence-electron chi connectivity index (χ0n) is 15.4. The summed E-state index contributed by atoms with van der Waals surface area (Å²) in [4.78, 5) is 22.1. The van der Waals surface area contributed by atoms with Gasteiger partial charge in [0, 0.05) is 17.7 Å². The lowest BCUT2D eigenvalue weighted by molar-refractivity contribution is -0.385. The van der Waals surface area contributed by atoms with Gasteiger partial charge in [-0.15, -0.1) is 0 Å². The second kappa shape index (κ2) is 9.84. The minimum Gasteiger partial charge on any atom is -0.506 e. The molecule has 0 aromatic heterocycles. The van der Waals surface area contributed by atoms with E-state index < -0.39 is 10.8 Å². The number of hydrogen-bond donors (Lipinski definition) is 2. The number of phenols is 1. The number of benzene rings is 2. The molecule has 0 heterocycles. The van der Waals surface area contributed by atoms with Crippen LogP contribution >= 0.6 is 15.9 Å². The Kier molecular flexibility index (Phi) is 7.51. The van der Waals surface area contributed by atoms with Crippen molar-refractivity contribution < 1.29 is 19.6 Å². The maximum absolute atomic E-state index is 11.8. The van der Waals surface area contributed by atoms with Gasteiger partial charge in [-0.05, 0) is 46.0 Å². The molecular formula is C19H20BrN3O5. The molecule has 1 atom stereocenters. The second-order valence-electron chi connectivity index (χ2n) is 6.08. The zero-order chi connectivity index (χ0) is 20.7. The van der Waals surface area contributed by atoms with E-state index in [1.54, 1.807) is 12.1 Å². The van der Waals surface area contributed by atoms with Crippen molar-refractivity contribution in [3.63, 3.8) is 0 Å². The first kappa shape index (κ1) is 21.4. The number of nitrogens with zero attached hydrogens (tertiary/aromatic N) is 2. The van der Waals surface area contributed by atoms with Gasteiger partial charge in [0.25, 0.3) is 11.6 Å². The van der Waals surface area contributed by atoms with E-state index in [2.05, 4.69) is 40.3 Å². The standard InChI is InChI=1S/C19H20BrN3O5/c1-3-12(2)13-4-6-16(7-5-13)28-11-18(24)22-21-10-14-8-15(23(26)27)9-17(20)19(14)25/h4-10,12,25H,3,11H2,1-2H3,(H,22,24)/b21-10-/t12-/m0/s1. The molecule has 0 bridgehead atoms. The Morgan fingerprint density at radius 3 is 2.68 bits per heavy atom. The lowest BCUT2D eigenvalue weighted by atomic mass is 9.99. The predicted molar refractivity (Wildman–Crippen MR) is 109 cm³/mol. The van der Waals surface area contributed by atoms with Crippen LogP contribution in [0.25, 0.3) is 0 Å². The fourth-order valence-corrected chi connectivity index (χ4v) is 2.76. The number of hydrazone groups is 1. The molecule has 0 saturated heterocycles. The van der Waals surface area contributed by atoms with Gasteiger partial charge in [-0.1, -0.05) is 26.0 Å². The number of phenolic OH excluding ortho intramolecular Hbond substituents is 1. The third kappa shape index (κ3) is 5.78. The number of aromatic hydroxyl groups is 1. The summed E-state index contributed by atoms with van der Waals surface area (Å²) >= 11 is 3.03. The summed E-state index contributed by atoms with van der Waals surface area (Å²) in [6, 6.07) is 9.84. The molecule has 0 radical (unpaired) electrons. The molecule has 9 heteroatoms. The lowest BCUT2D eigenvalue weighted by Crippen LogP contribution is -2.24. The third-order valence-corrected chi connectivity index (χ3v) is 4.72. The van der Waals surface area contributed by atoms with E-state index in [1.165, 1.54) is 11.6 Å². The number of carbonyl (C=O) groups excluding carboxylic acids is 1. The number of nitro groups is 1. The number of non-ortho nitro benzene ring substituents is 1. The molecule has 28 heavy (non-hydrogen) atoms. The van der Waals surface area contributed by atoms with Crippen LogP contribution in [0.3, 0.4) is 0 Å². The van der Waals surface area contributed by atoms with Crippen molar-refractivity contribution in [3.8, 4) is 11.5 Å². The van der Waals surface area contributed by atoms with E-state index in [9.17, 15) is 20.0 Å². The molecule has 0 aliphatic heterocycles. The highest BCUT2D eigenvalue weighted by Crippen LogP contribution is 2.31. The highest BCUT2D eigenvalue weighted by Gasteiger charge is 2.13. The largest absolute Gasteiger partial charge is 0.506 e. The molecule has 2 aromatic rings. The molecular weight excluding hydrogens is 430 g/mol. The van der Waals surface area contributed by atoms with Crippen molar-refractivity contribution in [2.75, 3.05) is 6.61 Å². The Morgan fingerprint density at radius 1 is 1.39 bits per heavy atom. The molecule has 0 aliphatic rings. The number of ether oxygens (including phenoxy) is 1. The Balaban J connectivity index is 1.91. The second-order valence-corrected chi connectivity index (χ2v) is 6.94. The van der Waals surface area contributed by atoms with Crippen LogP contribution < -0.4 is 10.2 Å². The summed E-state index contributed by atoms with van der Waals surface area (Å²) in [6.07, 6.45) is 2.16. The number of halogens is 1. The molecule has 2 rings (SSSR count). The summed E-state index contributed by atoms with van der Waals surface area (Å²) in [5.41, 5.74) is 3.31. The fourth-order valence-electron chi connectivity index (χ4n) is 2.29. The predicted octanol–water partition coefficient (Wildman–Crippen LogP) is 4.11. The van der Waals surface area contributed by atoms with Crippen molar-refractivity contribution in [1.29, 1.82) is 0 Å². The van der Waals surface area contributed by atoms with Crippen molar-refractivity contribution in [2.45, 2.75) is 26.2 Å². The summed E-state index contributed by atoms with van der Waals surface area (Å²) in [6.45, 7) is 4.01. The molecule has 1 amide bonds. The number of nitrogens with one attached hydrogen (secondary N) is 1. The Labute approximate surface area is 170 Å². The molecule has 2 N–H and O–H groups in total. The average molecular weight is 450 g/mol. The quantitative estimate of drug-likeness (QED) is 0.357. The highest BCUT2D eigenvalue weighted by molar-refractivity contribution is 9.10. The van der Waals surface area contributed by atoms with Crippen LogP contribution in [0.2, 0.25) is 0 Å². The van der Waals surface area contributed by atoms with Crippen LogP contribution in [0.15, 0.2) is 46.0 Å². The molecule has 0 aliphatic carbocycles. The van der Waals surface area contributed by atoms with Gasteiger partial charge in [0.1, 0.15) is 11.5 Å². The molecule has 8 nitrogen and oxygen atoms in total. The van der Waals surface area contributed by atoms with Crippen molar-refractivity contribution in [3.05, 3.63) is 62.1 Å². The fraction of sp³-hybridized carbons (Fsp3) is 0.263. The van der Waals surface area contributed by atoms with E-state index in [1.807, 2.05) is 12.1 Å². The number of hydrogen-bond acceptors (Lipinski definition) is 6. The summed E-state index contributed by atoms with van der Waals surface area (Å²) in [7, 11) is 0. The highest BCUT2D eigenvalue weighted by atomic mass is 79.9. The summed E-state index contributed by atoms with van der Waals surface area (Å²) in [5.74, 6) is 0.288. The van der Waals surface area contributed by atoms with Crippen LogP contribution in [-0.2, 0) is 4.79 Å². The smallest absolute Gasteiger partial charge is 0.277 e. The van der Waals surface area contributed by atoms with E-state index in [0.717, 1.165) is 18.7 Å². The van der Waals surface area contributed by atoms with Crippen LogP contribution in [0.4, 0.5) is 5.69 Å². The third-order valence-electron chi connectivity index (χ3n) is 4.11. The number of carbonyl (C=O) groups is 1. The Hall–Kier alpha value is -2.94. The van der Waals surface area contributed by atoms with Gasteiger partial charge in [0.05, 0.1) is 15.6 Å². The zero-order valence-corrected chi connectivity index (χ0v) is 17.0. The summed E-state index contributed by atoms with van der Waals surface area (Å²) in [5, 5.41) is 24.5. The first-order valence-corrected chi connectivity index (χ1v) is 9.32. The average Bonchev–Trinajstić information content (AvgIpc) is 2.69. The maximum atomic E-state index is 11.8. The van der Waals surface area contributed by atoms with Crippen LogP contribution in [-0.4, -0.2) is 28.8 Å². The number of amides is 1. The molecule has 0 unspecified atom stereocenters. The van der Waals surface area contributed by atoms with E-state index in [0.29, 0.717) is 11.7 Å². The Bertz CT molecular complexity index is 884. The van der Waals surface area contributed by atoms with E-state index in [-0.39, 0.29) is 28.1 Å². The van der Waals surface area contributed by atoms with Gasteiger partial charge in [0.2, 0.25) is 0 Å². The number of nitro benzene ring substituents is 1. The topological polar surface area (TPSA) is 114 Å². The minimum absolute atomic E-state index is 0.0860. The molecule has 148 valence electrons. The molecule has 2 aromatic carbocycles. The molecule has 0 saturated carbocycles. The van der Waals surface area contributed by atoms with Crippen molar-refractivity contribution >= 4 is 33.7 Å². The van der Waals surface area contributed by atoms with Gasteiger partial charge in [-0.25, -0.2) is 5.43 Å². The van der Waals surface area contributed by atoms with Gasteiger partial charge in [-0.2, -0.15) is 5.10 Å². The van der Waals surface area contributed by atoms with Gasteiger partial charge in [-0.3, -0.25) is 14.9 Å². The van der Waals surface area contributed by atoms with Gasteiger partial charge in [0.15, 0.2) is 6.61 Å². The first-order valence-electron chi connectivity index (χ1n) is 8.53. The number of rotatable bonds is 8. The normalized spacial score (nSPS) is 12.0. The van der Waals surface area contributed by atoms with Gasteiger partial charge < -0.3 is 9.84 Å². The SMILES string of the molecule is CC[C@H](C)c1ccc(OCC(=O)N/N=C\c2cc([N+](=O)[O-])cc(Br)c2O)cc1. The van der Waals surface area contributed by atoms with Crippen molar-refractivity contribution in [2.24, 2.45) is 5.10 Å². The van der Waals surface area contributed by atoms with Crippen molar-refractivity contribution in [1.82, 2.24) is 5.43 Å². The van der Waals surface area contributed by atoms with Crippen LogP contribution in [0.1, 0.15) is 37.3 Å². The summed E-state index contributed by atoms with van der Waals surface area (Å²) < 4.78 is 5.55. The lowest BCUT2D eigenvalue weighted by Gasteiger charge is -2.10. The van der Waals surface area contributed by atoms with Crippen LogP contribution in [0, 0.1) is 10.1 Å². The van der Waals surface area contributed by atoms with E-state index >= 15 is 0 Å². The molecule has 0 fully saturated rings. The molecule has 0 spiro atoms. The monoisotopic (exact) mass is 449 g/mol. The first-order chi connectivity index (χ1) is 13.3. The maximum Gasteiger partial charge on any atom is 0.277 e. The minimum atomic E-state index is -0.597. The van der Waals surface area contributed by atoms with Crippen LogP contribution in [0.5, 0.6) is 11.5 Å². The Morgan fingerprint density at radius 2 is 2.07 bits per heavy atom. The van der Waals surface area contributed by atoms with E-state index in [4.69, 9.17) is 4.74 Å².